The molecule has 0 aliphatic carbocycles. The Labute approximate surface area is 123 Å². The van der Waals surface area contributed by atoms with E-state index in [2.05, 4.69) is 10.3 Å². The number of amides is 1. The fourth-order valence-corrected chi connectivity index (χ4v) is 2.50. The van der Waals surface area contributed by atoms with Gasteiger partial charge in [0.1, 0.15) is 0 Å². The highest BCUT2D eigenvalue weighted by molar-refractivity contribution is 7.07. The Balaban J connectivity index is 1.66. The number of thiazole rings is 1. The Kier molecular flexibility index (Phi) is 5.70. The predicted molar refractivity (Wildman–Crippen MR) is 81.6 cm³/mol. The molecule has 0 radical (unpaired) electrons. The van der Waals surface area contributed by atoms with Gasteiger partial charge in [0, 0.05) is 18.3 Å². The van der Waals surface area contributed by atoms with Gasteiger partial charge in [-0.2, -0.15) is 0 Å². The number of nitrogens with zero attached hydrogens (tertiary/aromatic N) is 1. The number of nitrogens with two attached hydrogens (primary N) is 1. The van der Waals surface area contributed by atoms with Crippen LogP contribution in [0, 0.1) is 0 Å². The maximum Gasteiger partial charge on any atom is 0.236 e. The molecule has 1 heterocycles. The Morgan fingerprint density at radius 3 is 2.80 bits per heavy atom. The van der Waals surface area contributed by atoms with Crippen LogP contribution < -0.4 is 11.1 Å². The molecule has 4 nitrogen and oxygen atoms in total. The lowest BCUT2D eigenvalue weighted by Gasteiger charge is -2.11. The van der Waals surface area contributed by atoms with Crippen molar-refractivity contribution >= 4 is 17.2 Å². The topological polar surface area (TPSA) is 68.0 Å². The third kappa shape index (κ3) is 4.75. The predicted octanol–water partition coefficient (Wildman–Crippen LogP) is 1.76. The average Bonchev–Trinajstić information content (AvgIpc) is 2.99. The van der Waals surface area contributed by atoms with Gasteiger partial charge >= 0.3 is 0 Å². The van der Waals surface area contributed by atoms with Crippen molar-refractivity contribution in [1.29, 1.82) is 0 Å². The minimum absolute atomic E-state index is 0.0869. The fraction of sp³-hybridized carbons (Fsp3) is 0.333. The first-order chi connectivity index (χ1) is 9.75. The molecule has 0 unspecified atom stereocenters. The summed E-state index contributed by atoms with van der Waals surface area (Å²) in [6.07, 6.45) is 2.23. The van der Waals surface area contributed by atoms with E-state index in [9.17, 15) is 4.79 Å². The van der Waals surface area contributed by atoms with Crippen molar-refractivity contribution in [2.45, 2.75) is 25.3 Å². The van der Waals surface area contributed by atoms with E-state index in [0.29, 0.717) is 13.0 Å². The summed E-state index contributed by atoms with van der Waals surface area (Å²) < 4.78 is 0. The summed E-state index contributed by atoms with van der Waals surface area (Å²) in [7, 11) is 0. The molecule has 1 aromatic heterocycles. The molecule has 0 saturated carbocycles. The van der Waals surface area contributed by atoms with E-state index < -0.39 is 6.04 Å². The number of hydrogen-bond donors (Lipinski definition) is 2. The van der Waals surface area contributed by atoms with E-state index in [1.165, 1.54) is 5.56 Å². The van der Waals surface area contributed by atoms with Crippen molar-refractivity contribution in [3.8, 4) is 0 Å². The summed E-state index contributed by atoms with van der Waals surface area (Å²) in [6, 6.07) is 9.61. The standard InChI is InChI=1S/C15H19N3OS/c16-14(7-6-12-4-2-1-3-5-12)15(19)17-9-8-13-10-20-11-18-13/h1-5,10-11,14H,6-9,16H2,(H,17,19)/t14-/m0/s1. The van der Waals surface area contributed by atoms with Gasteiger partial charge in [0.15, 0.2) is 0 Å². The monoisotopic (exact) mass is 289 g/mol. The summed E-state index contributed by atoms with van der Waals surface area (Å²) in [6.45, 7) is 0.585. The van der Waals surface area contributed by atoms with Gasteiger partial charge in [-0.05, 0) is 18.4 Å². The van der Waals surface area contributed by atoms with Crippen molar-refractivity contribution < 1.29 is 4.79 Å². The molecule has 1 aromatic carbocycles. The Morgan fingerprint density at radius 1 is 1.30 bits per heavy atom. The van der Waals surface area contributed by atoms with E-state index in [1.54, 1.807) is 16.8 Å². The maximum atomic E-state index is 11.8. The SMILES string of the molecule is N[C@@H](CCc1ccccc1)C(=O)NCCc1cscn1. The first kappa shape index (κ1) is 14.7. The lowest BCUT2D eigenvalue weighted by molar-refractivity contribution is -0.122. The normalized spacial score (nSPS) is 12.1. The van der Waals surface area contributed by atoms with Crippen LogP contribution in [-0.2, 0) is 17.6 Å². The largest absolute Gasteiger partial charge is 0.354 e. The van der Waals surface area contributed by atoms with Gasteiger partial charge in [0.2, 0.25) is 5.91 Å². The fourth-order valence-electron chi connectivity index (χ4n) is 1.90. The molecule has 106 valence electrons. The smallest absolute Gasteiger partial charge is 0.236 e. The van der Waals surface area contributed by atoms with Crippen LogP contribution in [0.1, 0.15) is 17.7 Å². The summed E-state index contributed by atoms with van der Waals surface area (Å²) >= 11 is 1.56. The Hall–Kier alpha value is -1.72. The molecule has 3 N–H and O–H groups in total. The molecule has 0 bridgehead atoms. The highest BCUT2D eigenvalue weighted by Gasteiger charge is 2.12. The van der Waals surface area contributed by atoms with Gasteiger partial charge in [-0.3, -0.25) is 4.79 Å². The number of benzene rings is 1. The van der Waals surface area contributed by atoms with E-state index in [0.717, 1.165) is 18.5 Å². The Bertz CT molecular complexity index is 513. The number of aryl methyl sites for hydroxylation is 1. The first-order valence-corrected chi connectivity index (χ1v) is 7.64. The van der Waals surface area contributed by atoms with Crippen molar-refractivity contribution in [3.05, 3.63) is 52.5 Å². The summed E-state index contributed by atoms with van der Waals surface area (Å²) in [4.78, 5) is 16.0. The zero-order chi connectivity index (χ0) is 14.2. The van der Waals surface area contributed by atoms with Crippen molar-refractivity contribution in [2.24, 2.45) is 5.73 Å². The first-order valence-electron chi connectivity index (χ1n) is 6.70. The average molecular weight is 289 g/mol. The lowest BCUT2D eigenvalue weighted by atomic mass is 10.1. The van der Waals surface area contributed by atoms with Crippen LogP contribution in [0.25, 0.3) is 0 Å². The zero-order valence-corrected chi connectivity index (χ0v) is 12.1. The molecule has 5 heteroatoms. The molecule has 1 atom stereocenters. The van der Waals surface area contributed by atoms with Crippen LogP contribution in [0.4, 0.5) is 0 Å². The third-order valence-corrected chi connectivity index (χ3v) is 3.72. The second kappa shape index (κ2) is 7.77. The van der Waals surface area contributed by atoms with E-state index in [1.807, 2.05) is 35.7 Å². The molecule has 0 saturated heterocycles. The van der Waals surface area contributed by atoms with Gasteiger partial charge in [-0.15, -0.1) is 11.3 Å². The van der Waals surface area contributed by atoms with E-state index in [4.69, 9.17) is 5.73 Å². The van der Waals surface area contributed by atoms with Crippen molar-refractivity contribution in [3.63, 3.8) is 0 Å². The number of nitrogens with one attached hydrogen (secondary N) is 1. The van der Waals surface area contributed by atoms with Gasteiger partial charge in [0.25, 0.3) is 0 Å². The molecule has 1 amide bonds. The molecule has 2 rings (SSSR count). The van der Waals surface area contributed by atoms with Gasteiger partial charge in [0.05, 0.1) is 17.2 Å². The minimum Gasteiger partial charge on any atom is -0.354 e. The van der Waals surface area contributed by atoms with Gasteiger partial charge in [-0.1, -0.05) is 30.3 Å². The van der Waals surface area contributed by atoms with Gasteiger partial charge in [-0.25, -0.2) is 4.98 Å². The zero-order valence-electron chi connectivity index (χ0n) is 11.3. The van der Waals surface area contributed by atoms with Crippen LogP contribution >= 0.6 is 11.3 Å². The molecular formula is C15H19N3OS. The quantitative estimate of drug-likeness (QED) is 0.816. The second-order valence-electron chi connectivity index (χ2n) is 4.65. The highest BCUT2D eigenvalue weighted by atomic mass is 32.1. The molecule has 0 aliphatic rings. The summed E-state index contributed by atoms with van der Waals surface area (Å²) in [5, 5.41) is 4.85. The molecular weight excluding hydrogens is 270 g/mol. The number of carbonyl (C=O) groups is 1. The molecule has 2 aromatic rings. The van der Waals surface area contributed by atoms with E-state index in [-0.39, 0.29) is 5.91 Å². The molecule has 0 spiro atoms. The van der Waals surface area contributed by atoms with Crippen LogP contribution in [0.2, 0.25) is 0 Å². The summed E-state index contributed by atoms with van der Waals surface area (Å²) in [5.74, 6) is -0.0869. The van der Waals surface area contributed by atoms with Crippen LogP contribution in [0.5, 0.6) is 0 Å². The van der Waals surface area contributed by atoms with E-state index >= 15 is 0 Å². The minimum atomic E-state index is -0.453. The molecule has 0 fully saturated rings. The van der Waals surface area contributed by atoms with Crippen LogP contribution in [0.3, 0.4) is 0 Å². The molecule has 20 heavy (non-hydrogen) atoms. The number of rotatable bonds is 7. The Morgan fingerprint density at radius 2 is 2.10 bits per heavy atom. The lowest BCUT2D eigenvalue weighted by Crippen LogP contribution is -2.41. The summed E-state index contributed by atoms with van der Waals surface area (Å²) in [5.41, 5.74) is 9.91. The molecule has 0 aliphatic heterocycles. The number of aromatic nitrogens is 1. The van der Waals surface area contributed by atoms with Crippen LogP contribution in [-0.4, -0.2) is 23.5 Å². The highest BCUT2D eigenvalue weighted by Crippen LogP contribution is 2.04. The number of hydrogen-bond acceptors (Lipinski definition) is 4. The third-order valence-electron chi connectivity index (χ3n) is 3.09. The number of carbonyl (C=O) groups excluding carboxylic acids is 1. The second-order valence-corrected chi connectivity index (χ2v) is 5.37. The van der Waals surface area contributed by atoms with Crippen molar-refractivity contribution in [2.75, 3.05) is 6.54 Å². The van der Waals surface area contributed by atoms with Gasteiger partial charge < -0.3 is 11.1 Å². The van der Waals surface area contributed by atoms with Crippen molar-refractivity contribution in [1.82, 2.24) is 10.3 Å². The van der Waals surface area contributed by atoms with Crippen LogP contribution in [0.15, 0.2) is 41.2 Å². The maximum absolute atomic E-state index is 11.8.